The smallest absolute Gasteiger partial charge is 0.309 e. The van der Waals surface area contributed by atoms with Crippen molar-refractivity contribution in [1.82, 2.24) is 0 Å². The molecule has 0 aromatic rings. The van der Waals surface area contributed by atoms with Gasteiger partial charge in [0.05, 0.1) is 12.0 Å². The van der Waals surface area contributed by atoms with Crippen molar-refractivity contribution in [2.75, 3.05) is 0 Å². The molecule has 0 heterocycles. The molecule has 4 bridgehead atoms. The van der Waals surface area contributed by atoms with Crippen LogP contribution in [0.1, 0.15) is 78.1 Å². The molecule has 0 aliphatic heterocycles. The number of rotatable bonds is 7. The van der Waals surface area contributed by atoms with Crippen LogP contribution in [0.4, 0.5) is 0 Å². The van der Waals surface area contributed by atoms with E-state index in [1.807, 2.05) is 6.92 Å². The summed E-state index contributed by atoms with van der Waals surface area (Å²) in [5, 5.41) is 10.8. The maximum absolute atomic E-state index is 12.6. The van der Waals surface area contributed by atoms with Crippen LogP contribution in [-0.4, -0.2) is 22.3 Å². The van der Waals surface area contributed by atoms with E-state index in [0.29, 0.717) is 24.2 Å². The van der Waals surface area contributed by atoms with E-state index in [1.165, 1.54) is 32.1 Å². The first kappa shape index (κ1) is 17.6. The van der Waals surface area contributed by atoms with E-state index in [1.54, 1.807) is 0 Å². The first-order valence-electron chi connectivity index (χ1n) is 10.5. The lowest BCUT2D eigenvalue weighted by Crippen LogP contribution is -2.41. The number of carbonyl (C=O) groups is 1. The molecular weight excluding hydrogens is 312 g/mol. The largest absolute Gasteiger partial charge is 0.459 e. The van der Waals surface area contributed by atoms with Crippen molar-refractivity contribution in [3.8, 4) is 0 Å². The summed E-state index contributed by atoms with van der Waals surface area (Å²) in [6, 6.07) is 0. The van der Waals surface area contributed by atoms with E-state index in [9.17, 15) is 9.90 Å². The maximum atomic E-state index is 12.6. The summed E-state index contributed by atoms with van der Waals surface area (Å²) in [5.41, 5.74) is -1.17. The normalized spacial score (nSPS) is 43.6. The summed E-state index contributed by atoms with van der Waals surface area (Å²) >= 11 is 0. The third kappa shape index (κ3) is 3.41. The van der Waals surface area contributed by atoms with Gasteiger partial charge in [0.2, 0.25) is 0 Å². The predicted octanol–water partition coefficient (Wildman–Crippen LogP) is 4.63. The fraction of sp³-hybridized carbons (Fsp3) is 0.864. The van der Waals surface area contributed by atoms with Gasteiger partial charge in [0.25, 0.3) is 0 Å². The van der Waals surface area contributed by atoms with E-state index in [0.717, 1.165) is 31.1 Å². The molecule has 1 N–H and O–H groups in total. The molecule has 0 amide bonds. The number of aliphatic hydroxyl groups is 1. The van der Waals surface area contributed by atoms with Crippen molar-refractivity contribution >= 4 is 5.97 Å². The molecule has 0 saturated heterocycles. The van der Waals surface area contributed by atoms with Gasteiger partial charge in [-0.1, -0.05) is 19.1 Å². The summed E-state index contributed by atoms with van der Waals surface area (Å²) < 4.78 is 6.03. The standard InChI is InChI=1S/C22H34O3/c1-3-22(13-16-5-7-19(22)12-16)25-20(23)14-21(2,24)9-8-18-11-15-4-6-17(18)10-15/h4,6,15-19,24H,3,5,7-14H2,1-2H3. The monoisotopic (exact) mass is 346 g/mol. The molecule has 4 rings (SSSR count). The van der Waals surface area contributed by atoms with Gasteiger partial charge < -0.3 is 9.84 Å². The lowest BCUT2D eigenvalue weighted by atomic mass is 9.81. The average Bonchev–Trinajstić information content (AvgIpc) is 3.32. The number of esters is 1. The molecule has 0 radical (unpaired) electrons. The highest BCUT2D eigenvalue weighted by Gasteiger charge is 2.52. The van der Waals surface area contributed by atoms with Crippen molar-refractivity contribution < 1.29 is 14.6 Å². The molecule has 7 atom stereocenters. The topological polar surface area (TPSA) is 46.5 Å². The molecule has 7 unspecified atom stereocenters. The van der Waals surface area contributed by atoms with Gasteiger partial charge in [-0.2, -0.15) is 0 Å². The van der Waals surface area contributed by atoms with E-state index < -0.39 is 5.60 Å². The van der Waals surface area contributed by atoms with Crippen LogP contribution in [0.3, 0.4) is 0 Å². The zero-order chi connectivity index (χ0) is 17.7. The second kappa shape index (κ2) is 6.40. The van der Waals surface area contributed by atoms with Crippen molar-refractivity contribution in [2.24, 2.45) is 29.6 Å². The van der Waals surface area contributed by atoms with Crippen LogP contribution in [0.15, 0.2) is 12.2 Å². The molecule has 0 aromatic carbocycles. The van der Waals surface area contributed by atoms with Gasteiger partial charge in [-0.15, -0.1) is 0 Å². The van der Waals surface area contributed by atoms with Crippen molar-refractivity contribution in [3.63, 3.8) is 0 Å². The Bertz CT molecular complexity index is 551. The lowest BCUT2D eigenvalue weighted by molar-refractivity contribution is -0.171. The molecule has 4 aliphatic rings. The minimum Gasteiger partial charge on any atom is -0.459 e. The van der Waals surface area contributed by atoms with Gasteiger partial charge in [-0.05, 0) is 94.3 Å². The molecule has 25 heavy (non-hydrogen) atoms. The van der Waals surface area contributed by atoms with E-state index in [2.05, 4.69) is 19.1 Å². The Labute approximate surface area is 152 Å². The minimum atomic E-state index is -0.935. The molecule has 0 aromatic heterocycles. The van der Waals surface area contributed by atoms with E-state index in [4.69, 9.17) is 4.74 Å². The SMILES string of the molecule is CCC1(OC(=O)CC(C)(O)CCC2CC3C=CC2C3)CC2CCC1C2. The molecule has 3 fully saturated rings. The number of hydrogen-bond donors (Lipinski definition) is 1. The highest BCUT2D eigenvalue weighted by atomic mass is 16.6. The summed E-state index contributed by atoms with van der Waals surface area (Å²) in [6.07, 6.45) is 14.9. The summed E-state index contributed by atoms with van der Waals surface area (Å²) in [4.78, 5) is 12.6. The molecule has 3 heteroatoms. The van der Waals surface area contributed by atoms with Crippen molar-refractivity contribution in [3.05, 3.63) is 12.2 Å². The van der Waals surface area contributed by atoms with Crippen LogP contribution in [0, 0.1) is 29.6 Å². The summed E-state index contributed by atoms with van der Waals surface area (Å²) in [6.45, 7) is 3.96. The van der Waals surface area contributed by atoms with Gasteiger partial charge >= 0.3 is 5.97 Å². The van der Waals surface area contributed by atoms with Gasteiger partial charge in [0.15, 0.2) is 0 Å². The molecule has 0 spiro atoms. The van der Waals surface area contributed by atoms with Crippen LogP contribution < -0.4 is 0 Å². The fourth-order valence-electron chi connectivity index (χ4n) is 6.41. The molecule has 140 valence electrons. The average molecular weight is 347 g/mol. The number of allylic oxidation sites excluding steroid dienone is 2. The summed E-state index contributed by atoms with van der Waals surface area (Å²) in [5.74, 6) is 3.30. The van der Waals surface area contributed by atoms with E-state index >= 15 is 0 Å². The minimum absolute atomic E-state index is 0.142. The second-order valence-electron chi connectivity index (χ2n) is 9.73. The van der Waals surface area contributed by atoms with Crippen LogP contribution in [0.5, 0.6) is 0 Å². The number of ether oxygens (including phenoxy) is 1. The number of fused-ring (bicyclic) bond motifs is 4. The molecule has 3 saturated carbocycles. The first-order valence-corrected chi connectivity index (χ1v) is 10.5. The maximum Gasteiger partial charge on any atom is 0.309 e. The van der Waals surface area contributed by atoms with Crippen LogP contribution >= 0.6 is 0 Å². The van der Waals surface area contributed by atoms with Crippen molar-refractivity contribution in [1.29, 1.82) is 0 Å². The Hall–Kier alpha value is -0.830. The van der Waals surface area contributed by atoms with Crippen molar-refractivity contribution in [2.45, 2.75) is 89.3 Å². The Kier molecular flexibility index (Phi) is 4.50. The lowest BCUT2D eigenvalue weighted by Gasteiger charge is -2.37. The molecule has 3 nitrogen and oxygen atoms in total. The zero-order valence-electron chi connectivity index (χ0n) is 15.9. The molecular formula is C22H34O3. The Morgan fingerprint density at radius 2 is 2.12 bits per heavy atom. The van der Waals surface area contributed by atoms with Gasteiger partial charge in [-0.3, -0.25) is 4.79 Å². The third-order valence-corrected chi connectivity index (χ3v) is 7.83. The first-order chi connectivity index (χ1) is 11.9. The van der Waals surface area contributed by atoms with Crippen LogP contribution in [-0.2, 0) is 9.53 Å². The van der Waals surface area contributed by atoms with Gasteiger partial charge in [0.1, 0.15) is 5.60 Å². The predicted molar refractivity (Wildman–Crippen MR) is 97.9 cm³/mol. The Morgan fingerprint density at radius 1 is 1.28 bits per heavy atom. The summed E-state index contributed by atoms with van der Waals surface area (Å²) in [7, 11) is 0. The highest BCUT2D eigenvalue weighted by Crippen LogP contribution is 2.54. The number of hydrogen-bond acceptors (Lipinski definition) is 3. The Morgan fingerprint density at radius 3 is 2.68 bits per heavy atom. The van der Waals surface area contributed by atoms with Gasteiger partial charge in [0, 0.05) is 0 Å². The fourth-order valence-corrected chi connectivity index (χ4v) is 6.41. The van der Waals surface area contributed by atoms with Crippen LogP contribution in [0.25, 0.3) is 0 Å². The molecule has 4 aliphatic carbocycles. The van der Waals surface area contributed by atoms with Crippen LogP contribution in [0.2, 0.25) is 0 Å². The Balaban J connectivity index is 1.28. The van der Waals surface area contributed by atoms with Gasteiger partial charge in [-0.25, -0.2) is 0 Å². The zero-order valence-corrected chi connectivity index (χ0v) is 15.9. The second-order valence-corrected chi connectivity index (χ2v) is 9.73. The number of carbonyl (C=O) groups excluding carboxylic acids is 1. The quantitative estimate of drug-likeness (QED) is 0.540. The third-order valence-electron chi connectivity index (χ3n) is 7.83. The highest BCUT2D eigenvalue weighted by molar-refractivity contribution is 5.71. The van der Waals surface area contributed by atoms with E-state index in [-0.39, 0.29) is 18.0 Å².